The molecule has 0 saturated heterocycles. The molecule has 0 fully saturated rings. The van der Waals surface area contributed by atoms with Gasteiger partial charge in [-0.25, -0.2) is 0 Å². The summed E-state index contributed by atoms with van der Waals surface area (Å²) in [6, 6.07) is 4.63. The quantitative estimate of drug-likeness (QED) is 0.542. The van der Waals surface area contributed by atoms with Crippen LogP contribution in [0.25, 0.3) is 0 Å². The third kappa shape index (κ3) is 8.33. The molecule has 0 bridgehead atoms. The lowest BCUT2D eigenvalue weighted by Gasteiger charge is -2.05. The molecular formula is C7H10F8S. The van der Waals surface area contributed by atoms with Gasteiger partial charge in [0.25, 0.3) is 0 Å². The topological polar surface area (TPSA) is 0 Å². The number of halogens is 8. The molecule has 0 aliphatic heterocycles. The highest BCUT2D eigenvalue weighted by molar-refractivity contribution is 7.80. The second-order valence-corrected chi connectivity index (χ2v) is 2.56. The normalized spacial score (nSPS) is 8.00. The lowest BCUT2D eigenvalue weighted by molar-refractivity contribution is -0.137. The highest BCUT2D eigenvalue weighted by Crippen LogP contribution is 2.29. The summed E-state index contributed by atoms with van der Waals surface area (Å²) in [6.45, 7) is 0. The first-order valence-electron chi connectivity index (χ1n) is 2.86. The van der Waals surface area contributed by atoms with Gasteiger partial charge in [-0.1, -0.05) is 0 Å². The van der Waals surface area contributed by atoms with Crippen molar-refractivity contribution in [1.82, 2.24) is 0 Å². The molecule has 1 aromatic rings. The van der Waals surface area contributed by atoms with Crippen molar-refractivity contribution in [3.05, 3.63) is 29.8 Å². The van der Waals surface area contributed by atoms with Crippen LogP contribution >= 0.6 is 12.6 Å². The van der Waals surface area contributed by atoms with Gasteiger partial charge in [0.05, 0.1) is 5.56 Å². The molecule has 0 aliphatic carbocycles. The van der Waals surface area contributed by atoms with E-state index in [2.05, 4.69) is 12.6 Å². The van der Waals surface area contributed by atoms with E-state index < -0.39 is 11.7 Å². The van der Waals surface area contributed by atoms with E-state index in [0.717, 1.165) is 12.1 Å². The Kier molecular flexibility index (Phi) is 19.3. The molecule has 0 amide bonds. The largest absolute Gasteiger partial charge is 0.416 e. The van der Waals surface area contributed by atoms with Gasteiger partial charge in [0.2, 0.25) is 0 Å². The van der Waals surface area contributed by atoms with Gasteiger partial charge < -0.3 is 0 Å². The summed E-state index contributed by atoms with van der Waals surface area (Å²) in [6.07, 6.45) is -4.25. The Morgan fingerprint density at radius 1 is 0.750 bits per heavy atom. The van der Waals surface area contributed by atoms with Crippen LogP contribution in [0.3, 0.4) is 0 Å². The van der Waals surface area contributed by atoms with Gasteiger partial charge in [-0.05, 0) is 24.3 Å². The maximum absolute atomic E-state index is 11.9. The highest BCUT2D eigenvalue weighted by Gasteiger charge is 2.29. The van der Waals surface area contributed by atoms with Gasteiger partial charge in [0.1, 0.15) is 0 Å². The van der Waals surface area contributed by atoms with Gasteiger partial charge in [0.15, 0.2) is 0 Å². The van der Waals surface area contributed by atoms with Crippen molar-refractivity contribution in [2.75, 3.05) is 0 Å². The van der Waals surface area contributed by atoms with E-state index in [1.165, 1.54) is 12.1 Å². The molecule has 0 aromatic heterocycles. The third-order valence-corrected chi connectivity index (χ3v) is 1.49. The smallest absolute Gasteiger partial charge is 0.269 e. The van der Waals surface area contributed by atoms with Crippen LogP contribution in [0.2, 0.25) is 0 Å². The zero-order chi connectivity index (χ0) is 8.48. The molecule has 0 heterocycles. The van der Waals surface area contributed by atoms with E-state index in [1.54, 1.807) is 0 Å². The van der Waals surface area contributed by atoms with Crippen molar-refractivity contribution in [2.24, 2.45) is 0 Å². The van der Waals surface area contributed by atoms with E-state index in [4.69, 9.17) is 0 Å². The lowest BCUT2D eigenvalue weighted by atomic mass is 10.2. The predicted octanol–water partition coefficient (Wildman–Crippen LogP) is 3.76. The standard InChI is InChI=1S/C7H5F3S.5FH/c8-7(9,10)5-1-3-6(11)4-2-5;;;;;/h1-4,11H;5*1H. The number of hydrogen-bond acceptors (Lipinski definition) is 1. The van der Waals surface area contributed by atoms with E-state index in [1.807, 2.05) is 0 Å². The summed E-state index contributed by atoms with van der Waals surface area (Å²) in [4.78, 5) is 0.526. The summed E-state index contributed by atoms with van der Waals surface area (Å²) in [5.41, 5.74) is -0.643. The molecule has 100 valence electrons. The minimum Gasteiger partial charge on any atom is -0.269 e. The zero-order valence-corrected chi connectivity index (χ0v) is 8.33. The van der Waals surface area contributed by atoms with E-state index >= 15 is 0 Å². The average Bonchev–Trinajstić information content (AvgIpc) is 1.86. The average molecular weight is 278 g/mol. The first-order valence-corrected chi connectivity index (χ1v) is 3.31. The molecular weight excluding hydrogens is 268 g/mol. The van der Waals surface area contributed by atoms with Crippen LogP contribution in [0.1, 0.15) is 5.56 Å². The second kappa shape index (κ2) is 10.5. The van der Waals surface area contributed by atoms with Crippen LogP contribution < -0.4 is 0 Å². The van der Waals surface area contributed by atoms with Crippen LogP contribution in [-0.4, -0.2) is 0 Å². The number of alkyl halides is 3. The summed E-state index contributed by atoms with van der Waals surface area (Å²) < 4.78 is 35.7. The zero-order valence-electron chi connectivity index (χ0n) is 7.43. The fourth-order valence-electron chi connectivity index (χ4n) is 0.650. The number of benzene rings is 1. The molecule has 0 atom stereocenters. The second-order valence-electron chi connectivity index (χ2n) is 2.04. The number of thiol groups is 1. The SMILES string of the molecule is F.F.F.F.F.FC(F)(F)c1ccc(S)cc1. The Bertz CT molecular complexity index is 244. The van der Waals surface area contributed by atoms with Gasteiger partial charge in [-0.15, -0.1) is 12.6 Å². The Hall–Kier alpha value is -0.990. The van der Waals surface area contributed by atoms with Crippen molar-refractivity contribution >= 4 is 12.6 Å². The maximum atomic E-state index is 11.9. The fourth-order valence-corrected chi connectivity index (χ4v) is 0.799. The van der Waals surface area contributed by atoms with Crippen molar-refractivity contribution in [2.45, 2.75) is 11.1 Å². The molecule has 0 aliphatic rings. The minimum atomic E-state index is -4.25. The maximum Gasteiger partial charge on any atom is 0.416 e. The molecule has 16 heavy (non-hydrogen) atoms. The van der Waals surface area contributed by atoms with Crippen LogP contribution in [-0.2, 0) is 6.18 Å². The fraction of sp³-hybridized carbons (Fsp3) is 0.143. The molecule has 9 heteroatoms. The molecule has 0 spiro atoms. The number of rotatable bonds is 0. The Labute approximate surface area is 91.1 Å². The summed E-state index contributed by atoms with van der Waals surface area (Å²) in [7, 11) is 0. The van der Waals surface area contributed by atoms with Gasteiger partial charge in [-0.2, -0.15) is 13.2 Å². The molecule has 1 rings (SSSR count). The summed E-state index contributed by atoms with van der Waals surface area (Å²) in [5.74, 6) is 0. The molecule has 0 radical (unpaired) electrons. The molecule has 0 unspecified atom stereocenters. The van der Waals surface area contributed by atoms with Crippen molar-refractivity contribution < 1.29 is 36.7 Å². The predicted molar refractivity (Wildman–Crippen MR) is 51.2 cm³/mol. The minimum absolute atomic E-state index is 0. The Morgan fingerprint density at radius 2 is 1.06 bits per heavy atom. The van der Waals surface area contributed by atoms with Crippen molar-refractivity contribution in [1.29, 1.82) is 0 Å². The molecule has 0 N–H and O–H groups in total. The Balaban J connectivity index is -0.0000000807. The number of hydrogen-bond donors (Lipinski definition) is 1. The van der Waals surface area contributed by atoms with Crippen LogP contribution in [0.5, 0.6) is 0 Å². The van der Waals surface area contributed by atoms with Gasteiger partial charge in [-0.3, -0.25) is 23.5 Å². The van der Waals surface area contributed by atoms with E-state index in [9.17, 15) is 13.2 Å². The first-order chi connectivity index (χ1) is 5.00. The monoisotopic (exact) mass is 278 g/mol. The lowest BCUT2D eigenvalue weighted by Crippen LogP contribution is -2.03. The van der Waals surface area contributed by atoms with Crippen molar-refractivity contribution in [3.63, 3.8) is 0 Å². The van der Waals surface area contributed by atoms with Gasteiger partial charge in [0, 0.05) is 4.90 Å². The van der Waals surface area contributed by atoms with Crippen LogP contribution in [0, 0.1) is 0 Å². The third-order valence-electron chi connectivity index (χ3n) is 1.19. The summed E-state index contributed by atoms with van der Waals surface area (Å²) >= 11 is 3.86. The van der Waals surface area contributed by atoms with Gasteiger partial charge >= 0.3 is 6.18 Å². The van der Waals surface area contributed by atoms with E-state index in [-0.39, 0.29) is 23.5 Å². The molecule has 0 nitrogen and oxygen atoms in total. The van der Waals surface area contributed by atoms with Crippen LogP contribution in [0.4, 0.5) is 36.7 Å². The van der Waals surface area contributed by atoms with Crippen LogP contribution in [0.15, 0.2) is 29.2 Å². The molecule has 1 aromatic carbocycles. The molecule has 0 saturated carbocycles. The summed E-state index contributed by atoms with van der Waals surface area (Å²) in [5, 5.41) is 0. The first kappa shape index (κ1) is 29.4. The van der Waals surface area contributed by atoms with Crippen molar-refractivity contribution in [3.8, 4) is 0 Å². The van der Waals surface area contributed by atoms with E-state index in [0.29, 0.717) is 4.90 Å². The highest BCUT2D eigenvalue weighted by atomic mass is 32.1. The Morgan fingerprint density at radius 3 is 1.31 bits per heavy atom.